The van der Waals surface area contributed by atoms with Crippen molar-refractivity contribution in [3.63, 3.8) is 0 Å². The van der Waals surface area contributed by atoms with Crippen LogP contribution in [0.25, 0.3) is 5.65 Å². The van der Waals surface area contributed by atoms with Crippen molar-refractivity contribution in [2.75, 3.05) is 18.5 Å². The van der Waals surface area contributed by atoms with Crippen molar-refractivity contribution in [3.8, 4) is 0 Å². The molecule has 0 saturated carbocycles. The standard InChI is InChI=1S/C18H22N4O/c1-13-12-18(22-17(19-13)11-14(2)20-22)21(3)10-9-16(23)15-7-5-4-6-8-15/h4-8,11-12,16,23H,9-10H2,1-3H3. The van der Waals surface area contributed by atoms with Crippen molar-refractivity contribution in [1.82, 2.24) is 14.6 Å². The molecule has 1 unspecified atom stereocenters. The minimum atomic E-state index is -0.462. The van der Waals surface area contributed by atoms with Crippen LogP contribution in [0.2, 0.25) is 0 Å². The molecule has 120 valence electrons. The van der Waals surface area contributed by atoms with Gasteiger partial charge in [0.1, 0.15) is 5.82 Å². The third kappa shape index (κ3) is 3.35. The SMILES string of the molecule is Cc1cc(N(C)CCC(O)c2ccccc2)n2nc(C)cc2n1. The zero-order chi connectivity index (χ0) is 16.4. The van der Waals surface area contributed by atoms with Gasteiger partial charge in [0.05, 0.1) is 11.8 Å². The van der Waals surface area contributed by atoms with Gasteiger partial charge >= 0.3 is 0 Å². The summed E-state index contributed by atoms with van der Waals surface area (Å²) in [5.41, 5.74) is 3.71. The summed E-state index contributed by atoms with van der Waals surface area (Å²) < 4.78 is 1.86. The molecule has 5 heteroatoms. The minimum Gasteiger partial charge on any atom is -0.388 e. The van der Waals surface area contributed by atoms with E-state index in [0.29, 0.717) is 6.42 Å². The predicted octanol–water partition coefficient (Wildman–Crippen LogP) is 2.91. The number of aliphatic hydroxyl groups is 1. The maximum Gasteiger partial charge on any atom is 0.157 e. The quantitative estimate of drug-likeness (QED) is 0.787. The molecule has 0 aliphatic heterocycles. The van der Waals surface area contributed by atoms with Gasteiger partial charge in [0.2, 0.25) is 0 Å². The Balaban J connectivity index is 1.77. The van der Waals surface area contributed by atoms with Gasteiger partial charge in [-0.15, -0.1) is 0 Å². The molecule has 3 rings (SSSR count). The highest BCUT2D eigenvalue weighted by molar-refractivity contribution is 5.51. The Kier molecular flexibility index (Phi) is 4.30. The Morgan fingerprint density at radius 2 is 1.87 bits per heavy atom. The molecule has 0 bridgehead atoms. The number of hydrogen-bond donors (Lipinski definition) is 1. The molecule has 1 N–H and O–H groups in total. The molecule has 0 fully saturated rings. The summed E-state index contributed by atoms with van der Waals surface area (Å²) in [4.78, 5) is 6.62. The number of aryl methyl sites for hydroxylation is 2. The molecule has 2 aromatic heterocycles. The first-order valence-corrected chi connectivity index (χ1v) is 7.83. The van der Waals surface area contributed by atoms with Crippen LogP contribution in [-0.4, -0.2) is 33.3 Å². The number of nitrogens with zero attached hydrogens (tertiary/aromatic N) is 4. The monoisotopic (exact) mass is 310 g/mol. The molecule has 0 spiro atoms. The molecule has 0 amide bonds. The second kappa shape index (κ2) is 6.38. The van der Waals surface area contributed by atoms with E-state index >= 15 is 0 Å². The molecule has 5 nitrogen and oxygen atoms in total. The molecular weight excluding hydrogens is 288 g/mol. The van der Waals surface area contributed by atoms with Crippen molar-refractivity contribution >= 4 is 11.5 Å². The molecule has 2 heterocycles. The van der Waals surface area contributed by atoms with Gasteiger partial charge in [0.25, 0.3) is 0 Å². The minimum absolute atomic E-state index is 0.462. The van der Waals surface area contributed by atoms with Crippen LogP contribution in [0.3, 0.4) is 0 Å². The molecular formula is C18H22N4O. The zero-order valence-corrected chi connectivity index (χ0v) is 13.8. The second-order valence-electron chi connectivity index (χ2n) is 5.95. The van der Waals surface area contributed by atoms with Gasteiger partial charge in [-0.25, -0.2) is 4.98 Å². The normalized spacial score (nSPS) is 12.5. The van der Waals surface area contributed by atoms with E-state index in [9.17, 15) is 5.11 Å². The summed E-state index contributed by atoms with van der Waals surface area (Å²) in [7, 11) is 2.02. The lowest BCUT2D eigenvalue weighted by atomic mass is 10.1. The Morgan fingerprint density at radius 3 is 2.61 bits per heavy atom. The van der Waals surface area contributed by atoms with Crippen LogP contribution in [0.4, 0.5) is 5.82 Å². The van der Waals surface area contributed by atoms with E-state index in [0.717, 1.165) is 35.0 Å². The topological polar surface area (TPSA) is 53.7 Å². The van der Waals surface area contributed by atoms with Gasteiger partial charge in [-0.3, -0.25) is 0 Å². The van der Waals surface area contributed by atoms with E-state index in [1.807, 2.05) is 67.9 Å². The van der Waals surface area contributed by atoms with Gasteiger partial charge in [-0.2, -0.15) is 9.61 Å². The summed E-state index contributed by atoms with van der Waals surface area (Å²) >= 11 is 0. The van der Waals surface area contributed by atoms with E-state index < -0.39 is 6.10 Å². The fourth-order valence-electron chi connectivity index (χ4n) is 2.74. The van der Waals surface area contributed by atoms with Crippen LogP contribution in [0.15, 0.2) is 42.5 Å². The molecule has 0 saturated heterocycles. The number of rotatable bonds is 5. The number of aromatic nitrogens is 3. The fourth-order valence-corrected chi connectivity index (χ4v) is 2.74. The van der Waals surface area contributed by atoms with Crippen LogP contribution in [0.1, 0.15) is 29.5 Å². The lowest BCUT2D eigenvalue weighted by Gasteiger charge is -2.22. The lowest BCUT2D eigenvalue weighted by molar-refractivity contribution is 0.169. The van der Waals surface area contributed by atoms with E-state index in [4.69, 9.17) is 0 Å². The van der Waals surface area contributed by atoms with Crippen LogP contribution in [0.5, 0.6) is 0 Å². The second-order valence-corrected chi connectivity index (χ2v) is 5.95. The Hall–Kier alpha value is -2.40. The number of hydrogen-bond acceptors (Lipinski definition) is 4. The van der Waals surface area contributed by atoms with Crippen molar-refractivity contribution in [3.05, 3.63) is 59.4 Å². The van der Waals surface area contributed by atoms with E-state index in [1.165, 1.54) is 0 Å². The van der Waals surface area contributed by atoms with Crippen LogP contribution < -0.4 is 4.90 Å². The maximum atomic E-state index is 10.3. The van der Waals surface area contributed by atoms with E-state index in [1.54, 1.807) is 0 Å². The molecule has 3 aromatic rings. The van der Waals surface area contributed by atoms with Gasteiger partial charge in [-0.1, -0.05) is 30.3 Å². The summed E-state index contributed by atoms with van der Waals surface area (Å²) in [6.07, 6.45) is 0.195. The lowest BCUT2D eigenvalue weighted by Crippen LogP contribution is -2.23. The van der Waals surface area contributed by atoms with Gasteiger partial charge < -0.3 is 10.0 Å². The number of benzene rings is 1. The Bertz CT molecular complexity index is 797. The summed E-state index contributed by atoms with van der Waals surface area (Å²) in [6, 6.07) is 13.8. The largest absolute Gasteiger partial charge is 0.388 e. The number of aliphatic hydroxyl groups excluding tert-OH is 1. The highest BCUT2D eigenvalue weighted by atomic mass is 16.3. The molecule has 0 aliphatic rings. The first-order valence-electron chi connectivity index (χ1n) is 7.83. The molecule has 1 atom stereocenters. The predicted molar refractivity (Wildman–Crippen MR) is 91.7 cm³/mol. The van der Waals surface area contributed by atoms with Crippen LogP contribution in [-0.2, 0) is 0 Å². The maximum absolute atomic E-state index is 10.3. The first kappa shape index (κ1) is 15.5. The zero-order valence-electron chi connectivity index (χ0n) is 13.8. The highest BCUT2D eigenvalue weighted by Crippen LogP contribution is 2.20. The molecule has 0 radical (unpaired) electrons. The summed E-state index contributed by atoms with van der Waals surface area (Å²) in [5, 5.41) is 14.8. The Labute approximate surface area is 136 Å². The van der Waals surface area contributed by atoms with Gasteiger partial charge in [0, 0.05) is 31.4 Å². The summed E-state index contributed by atoms with van der Waals surface area (Å²) in [5.74, 6) is 0.987. The first-order chi connectivity index (χ1) is 11.0. The molecule has 1 aromatic carbocycles. The number of anilines is 1. The molecule has 0 aliphatic carbocycles. The average molecular weight is 310 g/mol. The van der Waals surface area contributed by atoms with E-state index in [2.05, 4.69) is 15.0 Å². The van der Waals surface area contributed by atoms with Crippen LogP contribution in [0, 0.1) is 13.8 Å². The highest BCUT2D eigenvalue weighted by Gasteiger charge is 2.13. The average Bonchev–Trinajstić information content (AvgIpc) is 2.92. The fraction of sp³-hybridized carbons (Fsp3) is 0.333. The van der Waals surface area contributed by atoms with Crippen molar-refractivity contribution in [1.29, 1.82) is 0 Å². The summed E-state index contributed by atoms with van der Waals surface area (Å²) in [6.45, 7) is 4.68. The van der Waals surface area contributed by atoms with Crippen molar-refractivity contribution < 1.29 is 5.11 Å². The van der Waals surface area contributed by atoms with Gasteiger partial charge in [-0.05, 0) is 25.8 Å². The van der Waals surface area contributed by atoms with Gasteiger partial charge in [0.15, 0.2) is 5.65 Å². The van der Waals surface area contributed by atoms with E-state index in [-0.39, 0.29) is 0 Å². The molecule has 23 heavy (non-hydrogen) atoms. The third-order valence-corrected chi connectivity index (χ3v) is 3.97. The Morgan fingerprint density at radius 1 is 1.13 bits per heavy atom. The van der Waals surface area contributed by atoms with Crippen LogP contribution >= 0.6 is 0 Å². The number of fused-ring (bicyclic) bond motifs is 1. The smallest absolute Gasteiger partial charge is 0.157 e. The van der Waals surface area contributed by atoms with Crippen molar-refractivity contribution in [2.24, 2.45) is 0 Å². The van der Waals surface area contributed by atoms with Crippen molar-refractivity contribution in [2.45, 2.75) is 26.4 Å². The third-order valence-electron chi connectivity index (χ3n) is 3.97.